The molecule has 0 radical (unpaired) electrons. The second-order valence-corrected chi connectivity index (χ2v) is 6.79. The summed E-state index contributed by atoms with van der Waals surface area (Å²) in [4.78, 5) is 0. The Morgan fingerprint density at radius 2 is 1.94 bits per heavy atom. The van der Waals surface area contributed by atoms with Gasteiger partial charge >= 0.3 is 0 Å². The fraction of sp³-hybridized carbons (Fsp3) is 0.538. The zero-order chi connectivity index (χ0) is 12.5. The SMILES string of the molecule is CCS(=O)(=O)N1CCC[C@@H]1c1ccc(C)cc1. The Kier molecular flexibility index (Phi) is 3.54. The zero-order valence-corrected chi connectivity index (χ0v) is 11.2. The average molecular weight is 253 g/mol. The second kappa shape index (κ2) is 4.78. The first-order valence-corrected chi connectivity index (χ1v) is 7.71. The van der Waals surface area contributed by atoms with Crippen molar-refractivity contribution in [1.29, 1.82) is 0 Å². The monoisotopic (exact) mass is 253 g/mol. The standard InChI is InChI=1S/C13H19NO2S/c1-3-17(15,16)14-10-4-5-13(14)12-8-6-11(2)7-9-12/h6-9,13H,3-5,10H2,1-2H3/t13-/m1/s1. The summed E-state index contributed by atoms with van der Waals surface area (Å²) in [6, 6.07) is 8.22. The summed E-state index contributed by atoms with van der Waals surface area (Å²) >= 11 is 0. The number of hydrogen-bond acceptors (Lipinski definition) is 2. The maximum Gasteiger partial charge on any atom is 0.214 e. The van der Waals surface area contributed by atoms with Crippen LogP contribution in [0.15, 0.2) is 24.3 Å². The van der Waals surface area contributed by atoms with Crippen LogP contribution in [0, 0.1) is 6.92 Å². The van der Waals surface area contributed by atoms with Crippen LogP contribution in [-0.2, 0) is 10.0 Å². The number of nitrogens with zero attached hydrogens (tertiary/aromatic N) is 1. The minimum Gasteiger partial charge on any atom is -0.212 e. The molecule has 0 amide bonds. The molecule has 4 heteroatoms. The fourth-order valence-corrected chi connectivity index (χ4v) is 3.71. The fourth-order valence-electron chi connectivity index (χ4n) is 2.36. The predicted molar refractivity (Wildman–Crippen MR) is 69.3 cm³/mol. The molecule has 2 rings (SSSR count). The van der Waals surface area contributed by atoms with Gasteiger partial charge in [-0.05, 0) is 32.3 Å². The summed E-state index contributed by atoms with van der Waals surface area (Å²) in [6.07, 6.45) is 1.89. The topological polar surface area (TPSA) is 37.4 Å². The number of rotatable bonds is 3. The van der Waals surface area contributed by atoms with Gasteiger partial charge in [-0.25, -0.2) is 8.42 Å². The van der Waals surface area contributed by atoms with Crippen molar-refractivity contribution in [3.8, 4) is 0 Å². The van der Waals surface area contributed by atoms with Gasteiger partial charge in [-0.15, -0.1) is 0 Å². The van der Waals surface area contributed by atoms with Gasteiger partial charge in [0.15, 0.2) is 0 Å². The highest BCUT2D eigenvalue weighted by atomic mass is 32.2. The van der Waals surface area contributed by atoms with Crippen LogP contribution in [-0.4, -0.2) is 25.0 Å². The van der Waals surface area contributed by atoms with Crippen molar-refractivity contribution in [3.63, 3.8) is 0 Å². The molecule has 1 aliphatic heterocycles. The first-order valence-electron chi connectivity index (χ1n) is 6.10. The molecule has 1 heterocycles. The van der Waals surface area contributed by atoms with Crippen LogP contribution >= 0.6 is 0 Å². The van der Waals surface area contributed by atoms with E-state index in [-0.39, 0.29) is 11.8 Å². The summed E-state index contributed by atoms with van der Waals surface area (Å²) in [7, 11) is -3.07. The number of benzene rings is 1. The summed E-state index contributed by atoms with van der Waals surface area (Å²) < 4.78 is 25.6. The Morgan fingerprint density at radius 1 is 1.29 bits per heavy atom. The molecule has 0 saturated carbocycles. The van der Waals surface area contributed by atoms with Crippen LogP contribution in [0.2, 0.25) is 0 Å². The first-order chi connectivity index (χ1) is 8.04. The van der Waals surface area contributed by atoms with Crippen molar-refractivity contribution >= 4 is 10.0 Å². The third-order valence-electron chi connectivity index (χ3n) is 3.39. The van der Waals surface area contributed by atoms with Gasteiger partial charge in [-0.3, -0.25) is 0 Å². The lowest BCUT2D eigenvalue weighted by Gasteiger charge is -2.23. The number of aryl methyl sites for hydroxylation is 1. The molecule has 0 aromatic heterocycles. The van der Waals surface area contributed by atoms with Gasteiger partial charge in [0.2, 0.25) is 10.0 Å². The van der Waals surface area contributed by atoms with Crippen molar-refractivity contribution in [2.45, 2.75) is 32.7 Å². The van der Waals surface area contributed by atoms with Crippen LogP contribution in [0.1, 0.15) is 36.9 Å². The van der Waals surface area contributed by atoms with Crippen LogP contribution in [0.5, 0.6) is 0 Å². The first kappa shape index (κ1) is 12.6. The molecular formula is C13H19NO2S. The van der Waals surface area contributed by atoms with E-state index >= 15 is 0 Å². The van der Waals surface area contributed by atoms with Crippen molar-refractivity contribution in [1.82, 2.24) is 4.31 Å². The van der Waals surface area contributed by atoms with E-state index in [4.69, 9.17) is 0 Å². The molecule has 1 aromatic rings. The second-order valence-electron chi connectivity index (χ2n) is 4.58. The van der Waals surface area contributed by atoms with Crippen molar-refractivity contribution in [2.24, 2.45) is 0 Å². The van der Waals surface area contributed by atoms with Gasteiger partial charge < -0.3 is 0 Å². The van der Waals surface area contributed by atoms with E-state index < -0.39 is 10.0 Å². The Bertz CT molecular complexity index is 479. The molecule has 0 bridgehead atoms. The van der Waals surface area contributed by atoms with E-state index in [2.05, 4.69) is 0 Å². The van der Waals surface area contributed by atoms with E-state index in [0.29, 0.717) is 6.54 Å². The van der Waals surface area contributed by atoms with Crippen molar-refractivity contribution < 1.29 is 8.42 Å². The van der Waals surface area contributed by atoms with E-state index in [1.807, 2.05) is 31.2 Å². The summed E-state index contributed by atoms with van der Waals surface area (Å²) in [5.74, 6) is 0.190. The van der Waals surface area contributed by atoms with Gasteiger partial charge in [0.25, 0.3) is 0 Å². The molecule has 0 aliphatic carbocycles. The van der Waals surface area contributed by atoms with Crippen LogP contribution in [0.25, 0.3) is 0 Å². The molecule has 0 N–H and O–H groups in total. The molecule has 1 saturated heterocycles. The summed E-state index contributed by atoms with van der Waals surface area (Å²) in [6.45, 7) is 4.41. The smallest absolute Gasteiger partial charge is 0.212 e. The molecule has 0 spiro atoms. The number of hydrogen-bond donors (Lipinski definition) is 0. The molecule has 1 fully saturated rings. The minimum atomic E-state index is -3.07. The maximum atomic E-state index is 12.0. The molecule has 94 valence electrons. The highest BCUT2D eigenvalue weighted by Crippen LogP contribution is 2.34. The minimum absolute atomic E-state index is 0.0422. The summed E-state index contributed by atoms with van der Waals surface area (Å²) in [5.41, 5.74) is 2.32. The Morgan fingerprint density at radius 3 is 2.53 bits per heavy atom. The predicted octanol–water partition coefficient (Wildman–Crippen LogP) is 2.48. The van der Waals surface area contributed by atoms with E-state index in [0.717, 1.165) is 18.4 Å². The molecule has 0 unspecified atom stereocenters. The average Bonchev–Trinajstić information content (AvgIpc) is 2.80. The van der Waals surface area contributed by atoms with Gasteiger partial charge in [-0.1, -0.05) is 29.8 Å². The van der Waals surface area contributed by atoms with E-state index in [1.54, 1.807) is 11.2 Å². The highest BCUT2D eigenvalue weighted by Gasteiger charge is 2.33. The lowest BCUT2D eigenvalue weighted by Crippen LogP contribution is -2.31. The number of sulfonamides is 1. The van der Waals surface area contributed by atoms with Gasteiger partial charge in [0.05, 0.1) is 5.75 Å². The molecule has 1 aromatic carbocycles. The highest BCUT2D eigenvalue weighted by molar-refractivity contribution is 7.89. The Hall–Kier alpha value is -0.870. The molecule has 1 aliphatic rings. The van der Waals surface area contributed by atoms with Crippen LogP contribution in [0.4, 0.5) is 0 Å². The normalized spacial score (nSPS) is 21.9. The van der Waals surface area contributed by atoms with Gasteiger partial charge in [0.1, 0.15) is 0 Å². The van der Waals surface area contributed by atoms with Crippen molar-refractivity contribution in [3.05, 3.63) is 35.4 Å². The largest absolute Gasteiger partial charge is 0.214 e. The lowest BCUT2D eigenvalue weighted by molar-refractivity contribution is 0.397. The van der Waals surface area contributed by atoms with E-state index in [9.17, 15) is 8.42 Å². The molecule has 3 nitrogen and oxygen atoms in total. The summed E-state index contributed by atoms with van der Waals surface area (Å²) in [5, 5.41) is 0. The van der Waals surface area contributed by atoms with Gasteiger partial charge in [0, 0.05) is 12.6 Å². The lowest BCUT2D eigenvalue weighted by atomic mass is 10.0. The molecule has 17 heavy (non-hydrogen) atoms. The van der Waals surface area contributed by atoms with Gasteiger partial charge in [-0.2, -0.15) is 4.31 Å². The maximum absolute atomic E-state index is 12.0. The zero-order valence-electron chi connectivity index (χ0n) is 10.4. The molecular weight excluding hydrogens is 234 g/mol. The third kappa shape index (κ3) is 2.53. The van der Waals surface area contributed by atoms with Crippen LogP contribution < -0.4 is 0 Å². The molecule has 1 atom stereocenters. The third-order valence-corrected chi connectivity index (χ3v) is 5.27. The van der Waals surface area contributed by atoms with Crippen LogP contribution in [0.3, 0.4) is 0 Å². The quantitative estimate of drug-likeness (QED) is 0.830. The van der Waals surface area contributed by atoms with E-state index in [1.165, 1.54) is 5.56 Å². The van der Waals surface area contributed by atoms with Crippen molar-refractivity contribution in [2.75, 3.05) is 12.3 Å². The Labute approximate surface area is 104 Å². The Balaban J connectivity index is 2.29.